The Balaban J connectivity index is 1.39. The standard InChI is InChI=1S/C21H34N4O3/c1-17-14-25(15-18(2)28-17)8-7-22-21(26)23-13-19-5-3-4-6-20(19)16-24-9-11-27-12-10-24/h3-6,17-18H,7-16H2,1-2H3,(H2,22,23,26). The minimum Gasteiger partial charge on any atom is -0.379 e. The van der Waals surface area contributed by atoms with E-state index < -0.39 is 0 Å². The summed E-state index contributed by atoms with van der Waals surface area (Å²) in [5.41, 5.74) is 2.43. The summed E-state index contributed by atoms with van der Waals surface area (Å²) in [6, 6.07) is 8.20. The van der Waals surface area contributed by atoms with Crippen molar-refractivity contribution in [2.75, 3.05) is 52.5 Å². The van der Waals surface area contributed by atoms with Gasteiger partial charge in [0.15, 0.2) is 0 Å². The lowest BCUT2D eigenvalue weighted by atomic mass is 10.1. The van der Waals surface area contributed by atoms with E-state index in [1.807, 2.05) is 6.07 Å². The summed E-state index contributed by atoms with van der Waals surface area (Å²) >= 11 is 0. The average molecular weight is 391 g/mol. The van der Waals surface area contributed by atoms with Crippen LogP contribution in [0, 0.1) is 0 Å². The summed E-state index contributed by atoms with van der Waals surface area (Å²) in [4.78, 5) is 16.9. The van der Waals surface area contributed by atoms with Gasteiger partial charge in [0.25, 0.3) is 0 Å². The highest BCUT2D eigenvalue weighted by Crippen LogP contribution is 2.13. The van der Waals surface area contributed by atoms with E-state index in [-0.39, 0.29) is 18.2 Å². The minimum atomic E-state index is -0.115. The van der Waals surface area contributed by atoms with Crippen LogP contribution in [-0.4, -0.2) is 80.5 Å². The van der Waals surface area contributed by atoms with Crippen molar-refractivity contribution in [1.29, 1.82) is 0 Å². The number of amides is 2. The molecular formula is C21H34N4O3. The predicted octanol–water partition coefficient (Wildman–Crippen LogP) is 1.43. The molecule has 0 aromatic heterocycles. The number of hydrogen-bond donors (Lipinski definition) is 2. The smallest absolute Gasteiger partial charge is 0.315 e. The van der Waals surface area contributed by atoms with Crippen LogP contribution >= 0.6 is 0 Å². The highest BCUT2D eigenvalue weighted by Gasteiger charge is 2.21. The maximum Gasteiger partial charge on any atom is 0.315 e. The first kappa shape index (κ1) is 21.0. The second-order valence-electron chi connectivity index (χ2n) is 7.78. The molecule has 2 N–H and O–H groups in total. The molecular weight excluding hydrogens is 356 g/mol. The first-order valence-corrected chi connectivity index (χ1v) is 10.4. The molecule has 2 heterocycles. The Morgan fingerprint density at radius 3 is 2.43 bits per heavy atom. The van der Waals surface area contributed by atoms with Crippen LogP contribution in [0.1, 0.15) is 25.0 Å². The molecule has 1 aromatic carbocycles. The van der Waals surface area contributed by atoms with Crippen molar-refractivity contribution in [1.82, 2.24) is 20.4 Å². The van der Waals surface area contributed by atoms with Gasteiger partial charge in [0.05, 0.1) is 25.4 Å². The zero-order valence-electron chi connectivity index (χ0n) is 17.2. The SMILES string of the molecule is CC1CN(CCNC(=O)NCc2ccccc2CN2CCOCC2)CC(C)O1. The summed E-state index contributed by atoms with van der Waals surface area (Å²) < 4.78 is 11.2. The lowest BCUT2D eigenvalue weighted by molar-refractivity contribution is -0.0672. The van der Waals surface area contributed by atoms with Gasteiger partial charge in [-0.25, -0.2) is 4.79 Å². The maximum atomic E-state index is 12.2. The number of carbonyl (C=O) groups excluding carboxylic acids is 1. The van der Waals surface area contributed by atoms with Gasteiger partial charge in [0, 0.05) is 52.4 Å². The third-order valence-corrected chi connectivity index (χ3v) is 5.26. The Kier molecular flexibility index (Phi) is 8.09. The fraction of sp³-hybridized carbons (Fsp3) is 0.667. The summed E-state index contributed by atoms with van der Waals surface area (Å²) in [6.07, 6.45) is 0.501. The van der Waals surface area contributed by atoms with Gasteiger partial charge in [0.1, 0.15) is 0 Å². The highest BCUT2D eigenvalue weighted by atomic mass is 16.5. The topological polar surface area (TPSA) is 66.1 Å². The molecule has 0 aliphatic carbocycles. The van der Waals surface area contributed by atoms with Crippen LogP contribution in [0.2, 0.25) is 0 Å². The zero-order chi connectivity index (χ0) is 19.8. The van der Waals surface area contributed by atoms with Gasteiger partial charge in [-0.2, -0.15) is 0 Å². The van der Waals surface area contributed by atoms with E-state index in [0.717, 1.165) is 52.5 Å². The van der Waals surface area contributed by atoms with Crippen LogP contribution in [0.25, 0.3) is 0 Å². The molecule has 2 aliphatic heterocycles. The zero-order valence-corrected chi connectivity index (χ0v) is 17.2. The van der Waals surface area contributed by atoms with Crippen LogP contribution in [0.3, 0.4) is 0 Å². The van der Waals surface area contributed by atoms with E-state index in [2.05, 4.69) is 52.5 Å². The summed E-state index contributed by atoms with van der Waals surface area (Å²) in [6.45, 7) is 12.5. The quantitative estimate of drug-likeness (QED) is 0.737. The van der Waals surface area contributed by atoms with Crippen molar-refractivity contribution >= 4 is 6.03 Å². The largest absolute Gasteiger partial charge is 0.379 e. The van der Waals surface area contributed by atoms with E-state index in [1.165, 1.54) is 11.1 Å². The maximum absolute atomic E-state index is 12.2. The number of morpholine rings is 2. The van der Waals surface area contributed by atoms with E-state index >= 15 is 0 Å². The molecule has 0 saturated carbocycles. The lowest BCUT2D eigenvalue weighted by Crippen LogP contribution is -2.48. The average Bonchev–Trinajstić information content (AvgIpc) is 2.67. The summed E-state index contributed by atoms with van der Waals surface area (Å²) in [5.74, 6) is 0. The van der Waals surface area contributed by atoms with Gasteiger partial charge < -0.3 is 20.1 Å². The molecule has 2 atom stereocenters. The monoisotopic (exact) mass is 390 g/mol. The first-order valence-electron chi connectivity index (χ1n) is 10.4. The molecule has 2 amide bonds. The third-order valence-electron chi connectivity index (χ3n) is 5.26. The number of urea groups is 1. The Morgan fingerprint density at radius 2 is 1.71 bits per heavy atom. The van der Waals surface area contributed by atoms with Crippen LogP contribution < -0.4 is 10.6 Å². The Labute approximate surface area is 168 Å². The van der Waals surface area contributed by atoms with E-state index in [9.17, 15) is 4.79 Å². The number of carbonyl (C=O) groups is 1. The molecule has 7 nitrogen and oxygen atoms in total. The van der Waals surface area contributed by atoms with Gasteiger partial charge >= 0.3 is 6.03 Å². The number of nitrogens with one attached hydrogen (secondary N) is 2. The van der Waals surface area contributed by atoms with Gasteiger partial charge in [-0.3, -0.25) is 9.80 Å². The molecule has 2 unspecified atom stereocenters. The van der Waals surface area contributed by atoms with E-state index in [4.69, 9.17) is 9.47 Å². The van der Waals surface area contributed by atoms with Crippen molar-refractivity contribution in [3.05, 3.63) is 35.4 Å². The number of ether oxygens (including phenoxy) is 2. The van der Waals surface area contributed by atoms with Crippen molar-refractivity contribution in [3.63, 3.8) is 0 Å². The van der Waals surface area contributed by atoms with Crippen molar-refractivity contribution < 1.29 is 14.3 Å². The number of nitrogens with zero attached hydrogens (tertiary/aromatic N) is 2. The number of benzene rings is 1. The Morgan fingerprint density at radius 1 is 1.04 bits per heavy atom. The van der Waals surface area contributed by atoms with Crippen LogP contribution in [0.15, 0.2) is 24.3 Å². The van der Waals surface area contributed by atoms with Gasteiger partial charge in [-0.15, -0.1) is 0 Å². The number of hydrogen-bond acceptors (Lipinski definition) is 5. The van der Waals surface area contributed by atoms with Gasteiger partial charge in [-0.1, -0.05) is 24.3 Å². The van der Waals surface area contributed by atoms with Crippen LogP contribution in [-0.2, 0) is 22.6 Å². The molecule has 7 heteroatoms. The van der Waals surface area contributed by atoms with Crippen molar-refractivity contribution in [2.24, 2.45) is 0 Å². The molecule has 1 aromatic rings. The molecule has 0 radical (unpaired) electrons. The summed E-state index contributed by atoms with van der Waals surface area (Å²) in [5, 5.41) is 5.97. The fourth-order valence-corrected chi connectivity index (χ4v) is 3.92. The van der Waals surface area contributed by atoms with Crippen molar-refractivity contribution in [2.45, 2.75) is 39.1 Å². The molecule has 2 saturated heterocycles. The van der Waals surface area contributed by atoms with E-state index in [0.29, 0.717) is 13.1 Å². The first-order chi connectivity index (χ1) is 13.6. The third kappa shape index (κ3) is 6.74. The molecule has 0 spiro atoms. The van der Waals surface area contributed by atoms with Gasteiger partial charge in [0.2, 0.25) is 0 Å². The molecule has 156 valence electrons. The van der Waals surface area contributed by atoms with Crippen molar-refractivity contribution in [3.8, 4) is 0 Å². The Bertz CT molecular complexity index is 611. The molecule has 28 heavy (non-hydrogen) atoms. The lowest BCUT2D eigenvalue weighted by Gasteiger charge is -2.35. The molecule has 2 fully saturated rings. The van der Waals surface area contributed by atoms with Crippen LogP contribution in [0.4, 0.5) is 4.79 Å². The highest BCUT2D eigenvalue weighted by molar-refractivity contribution is 5.73. The second kappa shape index (κ2) is 10.8. The normalized spacial score (nSPS) is 24.1. The molecule has 0 bridgehead atoms. The predicted molar refractivity (Wildman–Crippen MR) is 109 cm³/mol. The second-order valence-corrected chi connectivity index (χ2v) is 7.78. The molecule has 3 rings (SSSR count). The van der Waals surface area contributed by atoms with Crippen LogP contribution in [0.5, 0.6) is 0 Å². The molecule has 2 aliphatic rings. The fourth-order valence-electron chi connectivity index (χ4n) is 3.92. The Hall–Kier alpha value is -1.67. The van der Waals surface area contributed by atoms with E-state index in [1.54, 1.807) is 0 Å². The minimum absolute atomic E-state index is 0.115. The summed E-state index contributed by atoms with van der Waals surface area (Å²) in [7, 11) is 0. The van der Waals surface area contributed by atoms with Gasteiger partial charge in [-0.05, 0) is 25.0 Å². The number of rotatable bonds is 7.